The second-order valence-electron chi connectivity index (χ2n) is 5.55. The number of anilines is 1. The van der Waals surface area contributed by atoms with E-state index in [0.717, 1.165) is 17.1 Å². The summed E-state index contributed by atoms with van der Waals surface area (Å²) in [4.78, 5) is 37.7. The number of aromatic nitrogens is 5. The zero-order valence-electron chi connectivity index (χ0n) is 16.2. The van der Waals surface area contributed by atoms with Gasteiger partial charge in [-0.1, -0.05) is 30.3 Å². The molecule has 0 radical (unpaired) electrons. The Balaban J connectivity index is 0.000000626. The highest BCUT2D eigenvalue weighted by Gasteiger charge is 2.17. The summed E-state index contributed by atoms with van der Waals surface area (Å²) in [6.07, 6.45) is 0.114. The molecule has 0 aliphatic rings. The number of hydrogen-bond donors (Lipinski definition) is 4. The van der Waals surface area contributed by atoms with Crippen LogP contribution in [0.25, 0.3) is 11.3 Å². The number of carbonyl (C=O) groups excluding carboxylic acids is 1. The molecule has 1 aromatic carbocycles. The first-order chi connectivity index (χ1) is 13.9. The van der Waals surface area contributed by atoms with Gasteiger partial charge in [-0.2, -0.15) is 5.10 Å². The van der Waals surface area contributed by atoms with Crippen molar-refractivity contribution >= 4 is 24.7 Å². The van der Waals surface area contributed by atoms with Crippen LogP contribution in [-0.2, 0) is 27.9 Å². The molecule has 0 saturated carbocycles. The number of aryl methyl sites for hydroxylation is 2. The van der Waals surface area contributed by atoms with Gasteiger partial charge in [-0.3, -0.25) is 19.5 Å². The van der Waals surface area contributed by atoms with Gasteiger partial charge in [-0.25, -0.2) is 9.97 Å². The topological polar surface area (TPSA) is 163 Å². The summed E-state index contributed by atoms with van der Waals surface area (Å²) in [5.74, 6) is 2.48. The second kappa shape index (κ2) is 11.6. The Morgan fingerprint density at radius 3 is 2.24 bits per heavy atom. The van der Waals surface area contributed by atoms with Crippen molar-refractivity contribution in [2.75, 3.05) is 5.32 Å². The van der Waals surface area contributed by atoms with E-state index in [4.69, 9.17) is 19.8 Å². The molecule has 0 saturated heterocycles. The summed E-state index contributed by atoms with van der Waals surface area (Å²) in [5.41, 5.74) is 1.71. The van der Waals surface area contributed by atoms with Gasteiger partial charge in [0.05, 0.1) is 6.42 Å². The maximum Gasteiger partial charge on any atom is 0.290 e. The average molecular weight is 402 g/mol. The SMILES string of the molecule is Cc1nc(CC(=O)Nc2c(-c3ccccc3)nc(C)n2C)n[nH]1.O=CO.O=CO. The number of hydrogen-bond acceptors (Lipinski definition) is 6. The van der Waals surface area contributed by atoms with Gasteiger partial charge in [0, 0.05) is 12.6 Å². The number of aromatic amines is 1. The van der Waals surface area contributed by atoms with Gasteiger partial charge < -0.3 is 20.1 Å². The number of benzene rings is 1. The number of amides is 1. The molecule has 11 heteroatoms. The first-order valence-corrected chi connectivity index (χ1v) is 8.30. The highest BCUT2D eigenvalue weighted by Crippen LogP contribution is 2.27. The molecular weight excluding hydrogens is 380 g/mol. The molecule has 0 aliphatic carbocycles. The van der Waals surface area contributed by atoms with Crippen LogP contribution in [0.3, 0.4) is 0 Å². The minimum atomic E-state index is -0.250. The van der Waals surface area contributed by atoms with Crippen molar-refractivity contribution in [3.8, 4) is 11.3 Å². The fourth-order valence-corrected chi connectivity index (χ4v) is 2.34. The van der Waals surface area contributed by atoms with Crippen molar-refractivity contribution in [2.45, 2.75) is 20.3 Å². The molecule has 0 fully saturated rings. The standard InChI is InChI=1S/C16H18N6O.2CH2O2/c1-10-17-13(21-20-10)9-14(23)19-16-15(18-11(2)22(16)3)12-7-5-4-6-8-12;2*2-1-3/h4-8H,9H2,1-3H3,(H,19,23)(H,17,20,21);2*1H,(H,2,3). The molecule has 154 valence electrons. The third kappa shape index (κ3) is 6.90. The van der Waals surface area contributed by atoms with Crippen molar-refractivity contribution in [3.05, 3.63) is 47.8 Å². The average Bonchev–Trinajstić information content (AvgIpc) is 3.21. The van der Waals surface area contributed by atoms with E-state index >= 15 is 0 Å². The normalized spacial score (nSPS) is 9.34. The van der Waals surface area contributed by atoms with Crippen molar-refractivity contribution in [3.63, 3.8) is 0 Å². The lowest BCUT2D eigenvalue weighted by molar-refractivity contribution is -0.123. The molecule has 0 unspecified atom stereocenters. The Morgan fingerprint density at radius 2 is 1.72 bits per heavy atom. The number of carbonyl (C=O) groups is 3. The smallest absolute Gasteiger partial charge is 0.290 e. The number of H-pyrrole nitrogens is 1. The summed E-state index contributed by atoms with van der Waals surface area (Å²) >= 11 is 0. The van der Waals surface area contributed by atoms with Gasteiger partial charge >= 0.3 is 0 Å². The van der Waals surface area contributed by atoms with Crippen LogP contribution in [0, 0.1) is 13.8 Å². The van der Waals surface area contributed by atoms with E-state index in [1.165, 1.54) is 0 Å². The first kappa shape index (κ1) is 23.0. The molecule has 3 aromatic rings. The van der Waals surface area contributed by atoms with Crippen molar-refractivity contribution in [1.82, 2.24) is 24.7 Å². The Labute approximate surface area is 166 Å². The largest absolute Gasteiger partial charge is 0.483 e. The van der Waals surface area contributed by atoms with Crippen molar-refractivity contribution in [1.29, 1.82) is 0 Å². The zero-order chi connectivity index (χ0) is 21.8. The summed E-state index contributed by atoms with van der Waals surface area (Å²) < 4.78 is 1.86. The molecule has 0 spiro atoms. The lowest BCUT2D eigenvalue weighted by Gasteiger charge is -2.08. The summed E-state index contributed by atoms with van der Waals surface area (Å²) in [5, 5.41) is 23.4. The van der Waals surface area contributed by atoms with Crippen LogP contribution < -0.4 is 5.32 Å². The summed E-state index contributed by atoms with van der Waals surface area (Å²) in [6, 6.07) is 9.78. The number of nitrogens with one attached hydrogen (secondary N) is 2. The van der Waals surface area contributed by atoms with Crippen molar-refractivity contribution in [2.24, 2.45) is 7.05 Å². The van der Waals surface area contributed by atoms with E-state index in [1.54, 1.807) is 6.92 Å². The number of imidazole rings is 1. The van der Waals surface area contributed by atoms with Crippen LogP contribution in [-0.4, -0.2) is 53.8 Å². The van der Waals surface area contributed by atoms with Crippen LogP contribution >= 0.6 is 0 Å². The molecule has 29 heavy (non-hydrogen) atoms. The van der Waals surface area contributed by atoms with Crippen LogP contribution in [0.15, 0.2) is 30.3 Å². The van der Waals surface area contributed by atoms with E-state index in [0.29, 0.717) is 17.5 Å². The predicted octanol–water partition coefficient (Wildman–Crippen LogP) is 1.40. The molecule has 2 aromatic heterocycles. The summed E-state index contributed by atoms with van der Waals surface area (Å²) in [6.45, 7) is 3.20. The maximum atomic E-state index is 12.3. The molecule has 2 heterocycles. The van der Waals surface area contributed by atoms with Gasteiger partial charge in [-0.05, 0) is 13.8 Å². The highest BCUT2D eigenvalue weighted by molar-refractivity contribution is 5.94. The molecule has 3 rings (SSSR count). The highest BCUT2D eigenvalue weighted by atomic mass is 16.3. The van der Waals surface area contributed by atoms with E-state index in [9.17, 15) is 4.79 Å². The van der Waals surface area contributed by atoms with Gasteiger partial charge in [-0.15, -0.1) is 0 Å². The Morgan fingerprint density at radius 1 is 1.14 bits per heavy atom. The zero-order valence-corrected chi connectivity index (χ0v) is 16.2. The third-order valence-corrected chi connectivity index (χ3v) is 3.59. The molecule has 0 atom stereocenters. The molecular formula is C18H22N6O5. The van der Waals surface area contributed by atoms with Gasteiger partial charge in [0.2, 0.25) is 5.91 Å². The fraction of sp³-hybridized carbons (Fsp3) is 0.222. The second-order valence-corrected chi connectivity index (χ2v) is 5.55. The fourth-order valence-electron chi connectivity index (χ4n) is 2.34. The van der Waals surface area contributed by atoms with Crippen LogP contribution in [0.1, 0.15) is 17.5 Å². The van der Waals surface area contributed by atoms with Gasteiger partial charge in [0.1, 0.15) is 23.2 Å². The number of nitrogens with zero attached hydrogens (tertiary/aromatic N) is 4. The molecule has 4 N–H and O–H groups in total. The minimum absolute atomic E-state index is 0.114. The third-order valence-electron chi connectivity index (χ3n) is 3.59. The Hall–Kier alpha value is -4.02. The monoisotopic (exact) mass is 402 g/mol. The molecule has 1 amide bonds. The van der Waals surface area contributed by atoms with Crippen molar-refractivity contribution < 1.29 is 24.6 Å². The van der Waals surface area contributed by atoms with Crippen LogP contribution in [0.5, 0.6) is 0 Å². The Bertz CT molecular complexity index is 930. The van der Waals surface area contributed by atoms with E-state index in [-0.39, 0.29) is 25.3 Å². The lowest BCUT2D eigenvalue weighted by atomic mass is 10.1. The van der Waals surface area contributed by atoms with Gasteiger partial charge in [0.25, 0.3) is 12.9 Å². The number of carboxylic acid groups (broad SMARTS) is 2. The molecule has 0 bridgehead atoms. The maximum absolute atomic E-state index is 12.3. The molecule has 0 aliphatic heterocycles. The minimum Gasteiger partial charge on any atom is -0.483 e. The first-order valence-electron chi connectivity index (χ1n) is 8.30. The van der Waals surface area contributed by atoms with E-state index in [1.807, 2.05) is 48.9 Å². The lowest BCUT2D eigenvalue weighted by Crippen LogP contribution is -2.18. The quantitative estimate of drug-likeness (QED) is 0.476. The Kier molecular flexibility index (Phi) is 9.24. The number of rotatable bonds is 4. The molecule has 11 nitrogen and oxygen atoms in total. The predicted molar refractivity (Wildman–Crippen MR) is 104 cm³/mol. The van der Waals surface area contributed by atoms with Crippen LogP contribution in [0.4, 0.5) is 5.82 Å². The van der Waals surface area contributed by atoms with E-state index < -0.39 is 0 Å². The summed E-state index contributed by atoms with van der Waals surface area (Å²) in [7, 11) is 1.88. The van der Waals surface area contributed by atoms with Gasteiger partial charge in [0.15, 0.2) is 5.82 Å². The van der Waals surface area contributed by atoms with E-state index in [2.05, 4.69) is 25.5 Å². The van der Waals surface area contributed by atoms with Crippen LogP contribution in [0.2, 0.25) is 0 Å².